The second-order valence-electron chi connectivity index (χ2n) is 6.05. The van der Waals surface area contributed by atoms with E-state index in [4.69, 9.17) is 9.47 Å². The van der Waals surface area contributed by atoms with Crippen molar-refractivity contribution in [2.75, 3.05) is 0 Å². The normalized spacial score (nSPS) is 26.8. The van der Waals surface area contributed by atoms with E-state index < -0.39 is 0 Å². The Morgan fingerprint density at radius 2 is 1.80 bits per heavy atom. The maximum atomic E-state index is 6.16. The molecule has 2 heteroatoms. The van der Waals surface area contributed by atoms with Gasteiger partial charge in [-0.1, -0.05) is 19.9 Å². The molecular weight excluding hydrogens is 248 g/mol. The SMILES string of the molecule is CCc1cc(C)c(C2OC(C)CC(CC)O2)c(C)c1C. The molecule has 1 aromatic rings. The van der Waals surface area contributed by atoms with Gasteiger partial charge in [-0.3, -0.25) is 0 Å². The van der Waals surface area contributed by atoms with Gasteiger partial charge in [0, 0.05) is 5.56 Å². The number of hydrogen-bond acceptors (Lipinski definition) is 2. The lowest BCUT2D eigenvalue weighted by Crippen LogP contribution is -2.32. The van der Waals surface area contributed by atoms with E-state index in [-0.39, 0.29) is 12.4 Å². The summed E-state index contributed by atoms with van der Waals surface area (Å²) in [6.45, 7) is 13.1. The molecule has 0 spiro atoms. The number of rotatable bonds is 3. The third kappa shape index (κ3) is 2.91. The summed E-state index contributed by atoms with van der Waals surface area (Å²) >= 11 is 0. The van der Waals surface area contributed by atoms with Crippen LogP contribution >= 0.6 is 0 Å². The van der Waals surface area contributed by atoms with Gasteiger partial charge in [-0.05, 0) is 69.2 Å². The summed E-state index contributed by atoms with van der Waals surface area (Å²) in [5.41, 5.74) is 6.67. The topological polar surface area (TPSA) is 18.5 Å². The predicted octanol–water partition coefficient (Wildman–Crippen LogP) is 4.78. The van der Waals surface area contributed by atoms with Crippen molar-refractivity contribution >= 4 is 0 Å². The van der Waals surface area contributed by atoms with Gasteiger partial charge < -0.3 is 9.47 Å². The number of hydrogen-bond donors (Lipinski definition) is 0. The van der Waals surface area contributed by atoms with Crippen LogP contribution in [-0.2, 0) is 15.9 Å². The van der Waals surface area contributed by atoms with Crippen LogP contribution in [0.2, 0.25) is 0 Å². The number of aryl methyl sites for hydroxylation is 2. The van der Waals surface area contributed by atoms with E-state index in [0.717, 1.165) is 19.3 Å². The molecule has 2 nitrogen and oxygen atoms in total. The lowest BCUT2D eigenvalue weighted by atomic mass is 9.91. The second-order valence-corrected chi connectivity index (χ2v) is 6.05. The fraction of sp³-hybridized carbons (Fsp3) is 0.667. The van der Waals surface area contributed by atoms with Crippen molar-refractivity contribution in [3.05, 3.63) is 33.9 Å². The van der Waals surface area contributed by atoms with Crippen LogP contribution in [0.3, 0.4) is 0 Å². The first-order valence-corrected chi connectivity index (χ1v) is 7.88. The van der Waals surface area contributed by atoms with Gasteiger partial charge in [0.2, 0.25) is 0 Å². The van der Waals surface area contributed by atoms with Crippen LogP contribution in [0.25, 0.3) is 0 Å². The highest BCUT2D eigenvalue weighted by atomic mass is 16.7. The summed E-state index contributed by atoms with van der Waals surface area (Å²) in [6, 6.07) is 2.30. The maximum Gasteiger partial charge on any atom is 0.184 e. The Balaban J connectivity index is 2.39. The van der Waals surface area contributed by atoms with Gasteiger partial charge in [0.1, 0.15) is 0 Å². The monoisotopic (exact) mass is 276 g/mol. The van der Waals surface area contributed by atoms with Crippen LogP contribution < -0.4 is 0 Å². The fourth-order valence-electron chi connectivity index (χ4n) is 3.21. The molecule has 3 unspecified atom stereocenters. The molecule has 1 saturated heterocycles. The van der Waals surface area contributed by atoms with Crippen LogP contribution in [0.1, 0.15) is 67.7 Å². The summed E-state index contributed by atoms with van der Waals surface area (Å²) in [5.74, 6) is 0. The highest BCUT2D eigenvalue weighted by Gasteiger charge is 2.30. The summed E-state index contributed by atoms with van der Waals surface area (Å²) in [6.07, 6.45) is 3.50. The maximum absolute atomic E-state index is 6.16. The van der Waals surface area contributed by atoms with Gasteiger partial charge in [0.25, 0.3) is 0 Å². The smallest absolute Gasteiger partial charge is 0.184 e. The first-order chi connectivity index (χ1) is 9.47. The molecular formula is C18H28O2. The minimum atomic E-state index is -0.201. The second kappa shape index (κ2) is 6.28. The van der Waals surface area contributed by atoms with Gasteiger partial charge in [0.15, 0.2) is 6.29 Å². The predicted molar refractivity (Wildman–Crippen MR) is 83.1 cm³/mol. The standard InChI is InChI=1S/C18H28O2/c1-7-15-9-11(3)17(14(6)13(15)5)18-19-12(4)10-16(8-2)20-18/h9,12,16,18H,7-8,10H2,1-6H3. The average molecular weight is 276 g/mol. The van der Waals surface area contributed by atoms with Crippen molar-refractivity contribution in [2.45, 2.75) is 79.3 Å². The molecule has 0 aromatic heterocycles. The third-order valence-electron chi connectivity index (χ3n) is 4.60. The molecule has 1 aliphatic heterocycles. The summed E-state index contributed by atoms with van der Waals surface area (Å²) in [5, 5.41) is 0. The Morgan fingerprint density at radius 1 is 1.10 bits per heavy atom. The highest BCUT2D eigenvalue weighted by Crippen LogP contribution is 2.36. The zero-order chi connectivity index (χ0) is 14.9. The van der Waals surface area contributed by atoms with Gasteiger partial charge >= 0.3 is 0 Å². The largest absolute Gasteiger partial charge is 0.345 e. The lowest BCUT2D eigenvalue weighted by molar-refractivity contribution is -0.244. The molecule has 0 bridgehead atoms. The Hall–Kier alpha value is -0.860. The number of ether oxygens (including phenoxy) is 2. The van der Waals surface area contributed by atoms with Crippen LogP contribution in [-0.4, -0.2) is 12.2 Å². The zero-order valence-electron chi connectivity index (χ0n) is 13.7. The molecule has 1 aliphatic rings. The van der Waals surface area contributed by atoms with Gasteiger partial charge in [-0.25, -0.2) is 0 Å². The molecule has 112 valence electrons. The molecule has 0 aliphatic carbocycles. The first-order valence-electron chi connectivity index (χ1n) is 7.88. The molecule has 0 N–H and O–H groups in total. The van der Waals surface area contributed by atoms with Crippen LogP contribution in [0.15, 0.2) is 6.07 Å². The molecule has 3 atom stereocenters. The summed E-state index contributed by atoms with van der Waals surface area (Å²) in [4.78, 5) is 0. The van der Waals surface area contributed by atoms with Crippen molar-refractivity contribution in [3.63, 3.8) is 0 Å². The average Bonchev–Trinajstić information content (AvgIpc) is 2.42. The van der Waals surface area contributed by atoms with Crippen molar-refractivity contribution < 1.29 is 9.47 Å². The van der Waals surface area contributed by atoms with Crippen molar-refractivity contribution in [2.24, 2.45) is 0 Å². The molecule has 1 heterocycles. The van der Waals surface area contributed by atoms with E-state index in [1.165, 1.54) is 27.8 Å². The lowest BCUT2D eigenvalue weighted by Gasteiger charge is -2.36. The molecule has 20 heavy (non-hydrogen) atoms. The fourth-order valence-corrected chi connectivity index (χ4v) is 3.21. The van der Waals surface area contributed by atoms with Crippen molar-refractivity contribution in [1.82, 2.24) is 0 Å². The molecule has 1 aromatic carbocycles. The quantitative estimate of drug-likeness (QED) is 0.791. The molecule has 0 saturated carbocycles. The Bertz CT molecular complexity index is 479. The zero-order valence-corrected chi connectivity index (χ0v) is 13.7. The van der Waals surface area contributed by atoms with E-state index in [1.807, 2.05) is 0 Å². The van der Waals surface area contributed by atoms with Crippen molar-refractivity contribution in [1.29, 1.82) is 0 Å². The van der Waals surface area contributed by atoms with Gasteiger partial charge in [-0.2, -0.15) is 0 Å². The minimum absolute atomic E-state index is 0.201. The van der Waals surface area contributed by atoms with E-state index in [0.29, 0.717) is 6.10 Å². The van der Waals surface area contributed by atoms with E-state index in [9.17, 15) is 0 Å². The number of benzene rings is 1. The van der Waals surface area contributed by atoms with E-state index in [2.05, 4.69) is 47.6 Å². The van der Waals surface area contributed by atoms with E-state index >= 15 is 0 Å². The molecule has 2 rings (SSSR count). The Morgan fingerprint density at radius 3 is 2.40 bits per heavy atom. The molecule has 0 radical (unpaired) electrons. The summed E-state index contributed by atoms with van der Waals surface area (Å²) < 4.78 is 12.2. The minimum Gasteiger partial charge on any atom is -0.345 e. The highest BCUT2D eigenvalue weighted by molar-refractivity contribution is 5.45. The van der Waals surface area contributed by atoms with Gasteiger partial charge in [-0.15, -0.1) is 0 Å². The van der Waals surface area contributed by atoms with Crippen LogP contribution in [0, 0.1) is 20.8 Å². The van der Waals surface area contributed by atoms with Gasteiger partial charge in [0.05, 0.1) is 12.2 Å². The molecule has 0 amide bonds. The third-order valence-corrected chi connectivity index (χ3v) is 4.60. The molecule has 1 fully saturated rings. The first kappa shape index (κ1) is 15.5. The Kier molecular flexibility index (Phi) is 4.87. The van der Waals surface area contributed by atoms with Crippen LogP contribution in [0.4, 0.5) is 0 Å². The Labute approximate surface area is 123 Å². The van der Waals surface area contributed by atoms with Crippen LogP contribution in [0.5, 0.6) is 0 Å². The summed E-state index contributed by atoms with van der Waals surface area (Å²) in [7, 11) is 0. The van der Waals surface area contributed by atoms with E-state index in [1.54, 1.807) is 0 Å². The van der Waals surface area contributed by atoms with Crippen molar-refractivity contribution in [3.8, 4) is 0 Å².